The van der Waals surface area contributed by atoms with Crippen molar-refractivity contribution in [3.05, 3.63) is 35.9 Å². The minimum atomic E-state index is 0. The first-order chi connectivity index (χ1) is 3.93. The second-order valence-corrected chi connectivity index (χ2v) is 1.40. The molecule has 0 N–H and O–H groups in total. The Morgan fingerprint density at radius 2 is 2.33 bits per heavy atom. The molecule has 1 nitrogen and oxygen atoms in total. The Kier molecular flexibility index (Phi) is 4.80. The average molecular weight is 267 g/mol. The normalized spacial score (nSPS) is 7.00. The fourth-order valence-corrected chi connectivity index (χ4v) is 0.463. The zero-order valence-corrected chi connectivity index (χ0v) is 6.49. The van der Waals surface area contributed by atoms with Crippen molar-refractivity contribution in [3.8, 4) is 6.07 Å². The Labute approximate surface area is 84.3 Å². The zero-order valence-electron chi connectivity index (χ0n) is 4.56. The molecule has 2 heteroatoms. The maximum atomic E-state index is 8.27. The molecule has 0 amide bonds. The minimum Gasteiger partial charge on any atom is -0.208 e. The summed E-state index contributed by atoms with van der Waals surface area (Å²) in [5, 5.41) is 8.27. The van der Waals surface area contributed by atoms with Crippen molar-refractivity contribution >= 4 is 0 Å². The van der Waals surface area contributed by atoms with E-state index in [1.165, 1.54) is 0 Å². The van der Waals surface area contributed by atoms with Crippen molar-refractivity contribution in [2.45, 2.75) is 0 Å². The Hall–Kier alpha value is -0.0303. The molecule has 0 saturated carbocycles. The van der Waals surface area contributed by atoms with Crippen LogP contribution in [0, 0.1) is 55.1 Å². The van der Waals surface area contributed by atoms with Crippen LogP contribution in [0.2, 0.25) is 0 Å². The van der Waals surface area contributed by atoms with Gasteiger partial charge in [0.15, 0.2) is 0 Å². The van der Waals surface area contributed by atoms with E-state index < -0.39 is 0 Å². The summed E-state index contributed by atoms with van der Waals surface area (Å²) in [4.78, 5) is 0. The third-order valence-electron chi connectivity index (χ3n) is 0.836. The zero-order chi connectivity index (χ0) is 5.82. The molecule has 1 radical (unpaired) electrons. The fraction of sp³-hybridized carbons (Fsp3) is 0. The summed E-state index contributed by atoms with van der Waals surface area (Å²) in [7, 11) is 0. The Morgan fingerprint density at radius 3 is 2.67 bits per heavy atom. The van der Waals surface area contributed by atoms with Crippen molar-refractivity contribution in [1.82, 2.24) is 0 Å². The Bertz CT molecular complexity index is 200. The maximum Gasteiger partial charge on any atom is 0.0307 e. The summed E-state index contributed by atoms with van der Waals surface area (Å²) in [6.07, 6.45) is 0. The van der Waals surface area contributed by atoms with E-state index >= 15 is 0 Å². The predicted molar refractivity (Wildman–Crippen MR) is 30.0 cm³/mol. The summed E-state index contributed by atoms with van der Waals surface area (Å²) < 4.78 is 0. The molecule has 0 saturated heterocycles. The van der Waals surface area contributed by atoms with Crippen LogP contribution in [0.3, 0.4) is 0 Å². The second kappa shape index (κ2) is 4.81. The molecule has 0 unspecified atom stereocenters. The smallest absolute Gasteiger partial charge is 0.0307 e. The molecular weight excluding hydrogens is 263 g/mol. The van der Waals surface area contributed by atoms with Gasteiger partial charge >= 0.3 is 0 Å². The molecule has 0 aromatic heterocycles. The van der Waals surface area contributed by atoms with Crippen LogP contribution in [0.5, 0.6) is 0 Å². The number of rotatable bonds is 0. The van der Waals surface area contributed by atoms with E-state index in [0.717, 1.165) is 0 Å². The minimum absolute atomic E-state index is 0. The summed E-state index contributed by atoms with van der Waals surface area (Å²) in [6.45, 7) is 0. The van der Waals surface area contributed by atoms with E-state index in [9.17, 15) is 0 Å². The van der Waals surface area contributed by atoms with Gasteiger partial charge in [-0.3, -0.25) is 0 Å². The van der Waals surface area contributed by atoms with Crippen LogP contribution in [-0.4, -0.2) is 0 Å². The third kappa shape index (κ3) is 2.86. The van der Waals surface area contributed by atoms with Crippen LogP contribution in [-0.2, 0) is 0 Å². The first-order valence-electron chi connectivity index (χ1n) is 2.29. The van der Waals surface area contributed by atoms with Gasteiger partial charge in [-0.15, -0.1) is 0 Å². The third-order valence-corrected chi connectivity index (χ3v) is 0.836. The summed E-state index contributed by atoms with van der Waals surface area (Å²) in [6, 6.07) is 11.7. The van der Waals surface area contributed by atoms with Crippen molar-refractivity contribution in [1.29, 1.82) is 5.26 Å². The van der Waals surface area contributed by atoms with Gasteiger partial charge in [0.1, 0.15) is 0 Å². The molecule has 0 bridgehead atoms. The maximum absolute atomic E-state index is 8.27. The average Bonchev–Trinajstić information content (AvgIpc) is 1.90. The largest absolute Gasteiger partial charge is 0.208 e. The van der Waals surface area contributed by atoms with Crippen molar-refractivity contribution < 1.29 is 37.7 Å². The topological polar surface area (TPSA) is 23.8 Å². The van der Waals surface area contributed by atoms with Crippen molar-refractivity contribution in [2.24, 2.45) is 0 Å². The van der Waals surface area contributed by atoms with Crippen LogP contribution in [0.1, 0.15) is 5.56 Å². The molecule has 49 valence electrons. The van der Waals surface area contributed by atoms with Gasteiger partial charge in [0.05, 0.1) is 0 Å². The SMILES string of the molecule is N#Cc1c[c-]ccc1.[Ho]. The van der Waals surface area contributed by atoms with Gasteiger partial charge in [-0.05, 0) is 0 Å². The Morgan fingerprint density at radius 1 is 1.56 bits per heavy atom. The van der Waals surface area contributed by atoms with Crippen LogP contribution < -0.4 is 0 Å². The molecule has 0 aliphatic heterocycles. The van der Waals surface area contributed by atoms with E-state index in [-0.39, 0.29) is 37.7 Å². The van der Waals surface area contributed by atoms with Crippen LogP contribution in [0.15, 0.2) is 24.3 Å². The molecule has 0 fully saturated rings. The van der Waals surface area contributed by atoms with Crippen molar-refractivity contribution in [3.63, 3.8) is 0 Å². The summed E-state index contributed by atoms with van der Waals surface area (Å²) in [5.41, 5.74) is 0.660. The number of nitrogens with zero attached hydrogens (tertiary/aromatic N) is 1. The first kappa shape index (κ1) is 8.97. The molecule has 1 aromatic carbocycles. The van der Waals surface area contributed by atoms with Gasteiger partial charge in [0.2, 0.25) is 0 Å². The van der Waals surface area contributed by atoms with E-state index in [0.29, 0.717) is 5.56 Å². The standard InChI is InChI=1S/C7H4N.Ho/c8-6-7-4-2-1-3-5-7;/h1-2,4-5H;/q-1;. The molecule has 0 heterocycles. The van der Waals surface area contributed by atoms with E-state index in [1.807, 2.05) is 6.07 Å². The fourth-order valence-electron chi connectivity index (χ4n) is 0.463. The summed E-state index contributed by atoms with van der Waals surface area (Å²) >= 11 is 0. The molecule has 0 aliphatic carbocycles. The number of hydrogen-bond acceptors (Lipinski definition) is 1. The van der Waals surface area contributed by atoms with E-state index in [1.54, 1.807) is 24.3 Å². The van der Waals surface area contributed by atoms with Crippen LogP contribution in [0.25, 0.3) is 0 Å². The number of benzene rings is 1. The van der Waals surface area contributed by atoms with Crippen LogP contribution >= 0.6 is 0 Å². The van der Waals surface area contributed by atoms with Gasteiger partial charge in [0, 0.05) is 43.8 Å². The number of hydrogen-bond donors (Lipinski definition) is 0. The molecule has 1 rings (SSSR count). The van der Waals surface area contributed by atoms with E-state index in [2.05, 4.69) is 6.07 Å². The van der Waals surface area contributed by atoms with Gasteiger partial charge in [-0.1, -0.05) is 5.56 Å². The predicted octanol–water partition coefficient (Wildman–Crippen LogP) is 1.36. The molecule has 0 aliphatic rings. The Balaban J connectivity index is 0.000000640. The second-order valence-electron chi connectivity index (χ2n) is 1.40. The molecule has 9 heavy (non-hydrogen) atoms. The number of nitriles is 1. The molecule has 1 aromatic rings. The first-order valence-corrected chi connectivity index (χ1v) is 2.29. The molecular formula is C7H4HoN-. The molecule has 0 atom stereocenters. The van der Waals surface area contributed by atoms with Gasteiger partial charge in [-0.25, -0.2) is 5.26 Å². The van der Waals surface area contributed by atoms with Crippen molar-refractivity contribution in [2.75, 3.05) is 0 Å². The van der Waals surface area contributed by atoms with Gasteiger partial charge < -0.3 is 0 Å². The van der Waals surface area contributed by atoms with Gasteiger partial charge in [-0.2, -0.15) is 30.3 Å². The van der Waals surface area contributed by atoms with E-state index in [4.69, 9.17) is 5.26 Å². The van der Waals surface area contributed by atoms with Gasteiger partial charge in [0.25, 0.3) is 0 Å². The quantitative estimate of drug-likeness (QED) is 0.514. The summed E-state index contributed by atoms with van der Waals surface area (Å²) in [5.74, 6) is 0. The monoisotopic (exact) mass is 267 g/mol. The molecule has 0 spiro atoms. The van der Waals surface area contributed by atoms with Crippen LogP contribution in [0.4, 0.5) is 0 Å².